The molecule has 0 saturated heterocycles. The van der Waals surface area contributed by atoms with E-state index in [0.717, 1.165) is 27.2 Å². The highest BCUT2D eigenvalue weighted by atomic mass is 16.6. The third-order valence-corrected chi connectivity index (χ3v) is 17.6. The Bertz CT molecular complexity index is 3880. The minimum Gasteiger partial charge on any atom is -0.493 e. The molecule has 20 nitrogen and oxygen atoms in total. The number of methoxy groups -OCH3 is 1. The summed E-state index contributed by atoms with van der Waals surface area (Å²) in [6.45, 7) is 7.95. The minimum absolute atomic E-state index is 0.0139. The van der Waals surface area contributed by atoms with Crippen molar-refractivity contribution < 1.29 is 62.4 Å². The molecule has 20 heteroatoms. The summed E-state index contributed by atoms with van der Waals surface area (Å²) in [6, 6.07) is 32.8. The molecule has 0 fully saturated rings. The highest BCUT2D eigenvalue weighted by molar-refractivity contribution is 6.13. The van der Waals surface area contributed by atoms with Crippen molar-refractivity contribution in [2.45, 2.75) is 136 Å². The molecule has 11 rings (SSSR count). The Morgan fingerprint density at radius 3 is 2.00 bits per heavy atom. The lowest BCUT2D eigenvalue weighted by Gasteiger charge is -2.39. The van der Waals surface area contributed by atoms with Crippen molar-refractivity contribution in [3.05, 3.63) is 189 Å². The average Bonchev–Trinajstić information content (AvgIpc) is 1.68. The highest BCUT2D eigenvalue weighted by Crippen LogP contribution is 2.42. The third-order valence-electron chi connectivity index (χ3n) is 17.6. The van der Waals surface area contributed by atoms with E-state index in [0.29, 0.717) is 71.7 Å². The van der Waals surface area contributed by atoms with Crippen molar-refractivity contribution in [2.24, 2.45) is 16.8 Å². The van der Waals surface area contributed by atoms with E-state index in [1.54, 1.807) is 48.2 Å². The van der Waals surface area contributed by atoms with Gasteiger partial charge >= 0.3 is 6.09 Å². The third kappa shape index (κ3) is 14.0. The number of fused-ring (bicyclic) bond motifs is 6. The van der Waals surface area contributed by atoms with Crippen molar-refractivity contribution in [3.63, 3.8) is 0 Å². The molecule has 5 aromatic carbocycles. The summed E-state index contributed by atoms with van der Waals surface area (Å²) in [6.07, 6.45) is 4.78. The normalized spacial score (nSPS) is 17.8. The molecule has 0 spiro atoms. The van der Waals surface area contributed by atoms with Gasteiger partial charge in [-0.05, 0) is 109 Å². The number of aliphatic imine (C=N–C) groups is 1. The van der Waals surface area contributed by atoms with Crippen molar-refractivity contribution in [1.82, 2.24) is 25.0 Å². The number of carbonyl (C=O) groups is 8. The van der Waals surface area contributed by atoms with Gasteiger partial charge in [-0.25, -0.2) is 9.69 Å². The number of benzene rings is 5. The molecule has 2 N–H and O–H groups in total. The van der Waals surface area contributed by atoms with E-state index in [1.807, 2.05) is 86.5 Å². The molecule has 0 bridgehead atoms. The Morgan fingerprint density at radius 1 is 0.681 bits per heavy atom. The molecule has 91 heavy (non-hydrogen) atoms. The van der Waals surface area contributed by atoms with Gasteiger partial charge in [-0.1, -0.05) is 99.1 Å². The number of imide groups is 1. The van der Waals surface area contributed by atoms with Crippen molar-refractivity contribution in [2.75, 3.05) is 18.6 Å². The van der Waals surface area contributed by atoms with Gasteiger partial charge in [-0.3, -0.25) is 48.4 Å². The maximum atomic E-state index is 14.8. The van der Waals surface area contributed by atoms with Crippen LogP contribution >= 0.6 is 0 Å². The maximum Gasteiger partial charge on any atom is 0.416 e. The number of ketones is 2. The topological polar surface area (TPSA) is 244 Å². The fourth-order valence-corrected chi connectivity index (χ4v) is 12.4. The fraction of sp³-hybridized carbons (Fsp3) is 0.352. The van der Waals surface area contributed by atoms with Crippen LogP contribution in [-0.4, -0.2) is 116 Å². The van der Waals surface area contributed by atoms with E-state index in [4.69, 9.17) is 28.9 Å². The van der Waals surface area contributed by atoms with E-state index in [-0.39, 0.29) is 128 Å². The molecular weight excluding hydrogens is 1160 g/mol. The van der Waals surface area contributed by atoms with Gasteiger partial charge in [-0.15, -0.1) is 0 Å². The number of pyridine rings is 1. The van der Waals surface area contributed by atoms with Crippen LogP contribution in [0.2, 0.25) is 0 Å². The number of carbonyl (C=O) groups excluding carboxylic acids is 8. The number of aliphatic hydroxyl groups is 1. The van der Waals surface area contributed by atoms with E-state index in [9.17, 15) is 43.5 Å². The summed E-state index contributed by atoms with van der Waals surface area (Å²) in [7, 11) is 1.44. The van der Waals surface area contributed by atoms with Gasteiger partial charge in [0.2, 0.25) is 5.91 Å². The molecule has 1 aromatic heterocycles. The van der Waals surface area contributed by atoms with Gasteiger partial charge in [-0.2, -0.15) is 0 Å². The predicted octanol–water partition coefficient (Wildman–Crippen LogP) is 9.22. The molecule has 5 aliphatic rings. The number of rotatable bonds is 23. The number of unbranched alkanes of at least 4 members (excludes halogenated alkanes) is 2. The molecular formula is C71H73N7O13. The van der Waals surface area contributed by atoms with Gasteiger partial charge in [0.25, 0.3) is 23.6 Å². The van der Waals surface area contributed by atoms with Crippen LogP contribution in [0, 0.1) is 18.8 Å². The second kappa shape index (κ2) is 27.5. The number of Topliss-reactive ketones (excluding diaryl/α,β-unsaturated/α-hetero) is 2. The minimum atomic E-state index is -1.57. The summed E-state index contributed by atoms with van der Waals surface area (Å²) in [5.41, 5.74) is 8.43. The molecule has 6 heterocycles. The van der Waals surface area contributed by atoms with E-state index in [1.165, 1.54) is 41.9 Å². The van der Waals surface area contributed by atoms with Gasteiger partial charge in [0, 0.05) is 75.3 Å². The molecule has 6 aromatic rings. The Balaban J connectivity index is 0.728. The van der Waals surface area contributed by atoms with Crippen LogP contribution in [0.1, 0.15) is 124 Å². The van der Waals surface area contributed by atoms with Crippen LogP contribution in [0.3, 0.4) is 0 Å². The molecule has 1 unspecified atom stereocenters. The first-order valence-corrected chi connectivity index (χ1v) is 30.9. The number of aromatic nitrogens is 1. The van der Waals surface area contributed by atoms with E-state index < -0.39 is 36.2 Å². The second-order valence-corrected chi connectivity index (χ2v) is 24.2. The maximum absolute atomic E-state index is 14.8. The van der Waals surface area contributed by atoms with Crippen LogP contribution in [-0.2, 0) is 80.9 Å². The number of nitrogens with one attached hydrogen (secondary N) is 1. The van der Waals surface area contributed by atoms with Crippen LogP contribution < -0.4 is 24.4 Å². The van der Waals surface area contributed by atoms with Crippen LogP contribution in [0.15, 0.2) is 132 Å². The fourth-order valence-electron chi connectivity index (χ4n) is 12.4. The Hall–Kier alpha value is -9.82. The van der Waals surface area contributed by atoms with E-state index >= 15 is 0 Å². The zero-order valence-corrected chi connectivity index (χ0v) is 51.6. The number of hydrogen-bond donors (Lipinski definition) is 2. The quantitative estimate of drug-likeness (QED) is 0.0449. The SMILES string of the molecule is COc1cc2c(cc1OCc1cccc(COc3cc4c(cc3C)C(=O)N3Cc5ccccc5C[C@H]3C=N4)n1)N(C(=O)OCc1ccc(CC(=O)[C@H](C)NC(=O)[C@@H](CC(=O)CCCCCN3C(=O)C=CC3=O)C(C)C)cc1)C(O)[C@@H]1Cc3ccccc3CN1C2=O. The number of anilines is 1. The van der Waals surface area contributed by atoms with Gasteiger partial charge in [0.15, 0.2) is 23.5 Å². The molecule has 0 radical (unpaired) electrons. The largest absolute Gasteiger partial charge is 0.493 e. The second-order valence-electron chi connectivity index (χ2n) is 24.2. The zero-order chi connectivity index (χ0) is 64.0. The predicted molar refractivity (Wildman–Crippen MR) is 337 cm³/mol. The lowest BCUT2D eigenvalue weighted by molar-refractivity contribution is -0.137. The number of nitrogens with zero attached hydrogens (tertiary/aromatic N) is 6. The number of aryl methyl sites for hydroxylation is 1. The summed E-state index contributed by atoms with van der Waals surface area (Å²) in [5, 5.41) is 15.2. The first-order valence-electron chi connectivity index (χ1n) is 30.9. The first kappa shape index (κ1) is 62.8. The van der Waals surface area contributed by atoms with Crippen LogP contribution in [0.5, 0.6) is 17.2 Å². The van der Waals surface area contributed by atoms with Crippen molar-refractivity contribution >= 4 is 64.8 Å². The van der Waals surface area contributed by atoms with Crippen LogP contribution in [0.25, 0.3) is 0 Å². The Kier molecular flexibility index (Phi) is 19.0. The Labute approximate surface area is 527 Å². The summed E-state index contributed by atoms with van der Waals surface area (Å²) in [4.78, 5) is 122. The van der Waals surface area contributed by atoms with Gasteiger partial charge < -0.3 is 39.2 Å². The monoisotopic (exact) mass is 1230 g/mol. The number of aliphatic hydroxyl groups excluding tert-OH is 1. The first-order chi connectivity index (χ1) is 43.9. The van der Waals surface area contributed by atoms with Crippen LogP contribution in [0.4, 0.5) is 16.2 Å². The van der Waals surface area contributed by atoms with Crippen molar-refractivity contribution in [3.8, 4) is 17.2 Å². The summed E-state index contributed by atoms with van der Waals surface area (Å²) in [5.74, 6) is -1.83. The lowest BCUT2D eigenvalue weighted by atomic mass is 9.88. The molecule has 0 saturated carbocycles. The number of amides is 6. The molecule has 6 amide bonds. The van der Waals surface area contributed by atoms with Crippen molar-refractivity contribution in [1.29, 1.82) is 0 Å². The average molecular weight is 1230 g/mol. The molecule has 0 aliphatic carbocycles. The molecule has 5 aliphatic heterocycles. The van der Waals surface area contributed by atoms with Gasteiger partial charge in [0.1, 0.15) is 31.4 Å². The van der Waals surface area contributed by atoms with Gasteiger partial charge in [0.05, 0.1) is 59.1 Å². The lowest BCUT2D eigenvalue weighted by Crippen LogP contribution is -2.55. The molecule has 470 valence electrons. The summed E-state index contributed by atoms with van der Waals surface area (Å²) >= 11 is 0. The summed E-state index contributed by atoms with van der Waals surface area (Å²) < 4.78 is 24.5. The number of ether oxygens (including phenoxy) is 4. The van der Waals surface area contributed by atoms with E-state index in [2.05, 4.69) is 17.4 Å². The smallest absolute Gasteiger partial charge is 0.416 e. The molecule has 5 atom stereocenters. The standard InChI is InChI=1S/C71H73N7O13/c1-42(2)55(32-54(79)20-7-6-12-27-75-65(81)25-26-66(75)82)67(83)73-44(4)61(80)29-45-21-23-46(24-22-45)39-91-71(87)78-59-35-64(63(88-5)33-57(59)69(85)77-38-50-17-11-9-15-48(50)31-60(77)70(78)86)90-41-52-19-13-18-51(74-52)40-89-62-34-58-56(28-43(62)3)68(84)76-37-49-16-10-8-14-47(49)30-53(76)36-72-58/h8-11,13-19,21-26,28,33-36,42,44,53,55,60,70,86H,6-7,12,20,27,29-32,37-41H2,1-5H3,(H,73,83)/t44-,53-,55-,60-,70?/m0/s1. The zero-order valence-electron chi connectivity index (χ0n) is 51.6. The number of hydrogen-bond acceptors (Lipinski definition) is 15. The highest BCUT2D eigenvalue weighted by Gasteiger charge is 2.46. The Morgan fingerprint density at radius 2 is 1.32 bits per heavy atom.